The molecule has 0 aromatic heterocycles. The molecule has 0 unspecified atom stereocenters. The van der Waals surface area contributed by atoms with Gasteiger partial charge in [-0.2, -0.15) is 0 Å². The predicted octanol–water partition coefficient (Wildman–Crippen LogP) is 2.21. The number of nitrogens with zero attached hydrogens (tertiary/aromatic N) is 1. The van der Waals surface area contributed by atoms with Crippen LogP contribution in [0.25, 0.3) is 0 Å². The van der Waals surface area contributed by atoms with Crippen LogP contribution >= 0.6 is 0 Å². The van der Waals surface area contributed by atoms with Crippen molar-refractivity contribution in [2.75, 3.05) is 19.7 Å². The lowest BCUT2D eigenvalue weighted by Crippen LogP contribution is -2.34. The minimum Gasteiger partial charge on any atom is -0.508 e. The molecule has 1 aromatic carbocycles. The number of phenols is 1. The number of phenolic OH excluding ortho intramolecular Hbond substituents is 1. The highest BCUT2D eigenvalue weighted by atomic mass is 16.3. The number of aromatic hydroxyl groups is 1. The molecule has 1 fully saturated rings. The third-order valence-corrected chi connectivity index (χ3v) is 4.05. The van der Waals surface area contributed by atoms with Gasteiger partial charge in [0.2, 0.25) is 0 Å². The highest BCUT2D eigenvalue weighted by molar-refractivity contribution is 5.40. The quantitative estimate of drug-likeness (QED) is 0.863. The molecule has 1 heterocycles. The summed E-state index contributed by atoms with van der Waals surface area (Å²) in [4.78, 5) is 2.36. The molecule has 1 aliphatic heterocycles. The fourth-order valence-corrected chi connectivity index (χ4v) is 2.56. The van der Waals surface area contributed by atoms with Crippen LogP contribution in [-0.2, 0) is 6.54 Å². The van der Waals surface area contributed by atoms with E-state index in [2.05, 4.69) is 17.9 Å². The molecule has 0 saturated carbocycles. The van der Waals surface area contributed by atoms with Gasteiger partial charge in [-0.1, -0.05) is 6.07 Å². The topological polar surface area (TPSA) is 43.7 Å². The fraction of sp³-hybridized carbons (Fsp3) is 0.600. The van der Waals surface area contributed by atoms with E-state index in [9.17, 15) is 5.11 Å². The van der Waals surface area contributed by atoms with E-state index >= 15 is 0 Å². The summed E-state index contributed by atoms with van der Waals surface area (Å²) in [7, 11) is 0. The molecule has 2 rings (SSSR count). The molecule has 2 N–H and O–H groups in total. The van der Waals surface area contributed by atoms with Crippen LogP contribution in [0.3, 0.4) is 0 Å². The molecule has 0 spiro atoms. The number of rotatable bonds is 3. The van der Waals surface area contributed by atoms with Crippen molar-refractivity contribution in [3.8, 4) is 5.75 Å². The zero-order valence-corrected chi connectivity index (χ0v) is 11.3. The Bertz CT molecular complexity index is 409. The van der Waals surface area contributed by atoms with E-state index < -0.39 is 0 Å². The largest absolute Gasteiger partial charge is 0.508 e. The van der Waals surface area contributed by atoms with Gasteiger partial charge in [0.25, 0.3) is 0 Å². The van der Waals surface area contributed by atoms with Crippen LogP contribution in [0, 0.1) is 19.8 Å². The van der Waals surface area contributed by atoms with Gasteiger partial charge < -0.3 is 10.2 Å². The SMILES string of the molecule is Cc1cc(O)c(CN2CCC(CO)CC2)cc1C. The zero-order valence-electron chi connectivity index (χ0n) is 11.3. The smallest absolute Gasteiger partial charge is 0.120 e. The number of piperidine rings is 1. The maximum absolute atomic E-state index is 9.98. The number of hydrogen-bond donors (Lipinski definition) is 2. The van der Waals surface area contributed by atoms with Crippen LogP contribution in [-0.4, -0.2) is 34.8 Å². The molecule has 0 amide bonds. The van der Waals surface area contributed by atoms with Crippen molar-refractivity contribution in [3.05, 3.63) is 28.8 Å². The van der Waals surface area contributed by atoms with E-state index in [-0.39, 0.29) is 0 Å². The second kappa shape index (κ2) is 5.72. The van der Waals surface area contributed by atoms with Crippen LogP contribution in [0.15, 0.2) is 12.1 Å². The van der Waals surface area contributed by atoms with Gasteiger partial charge in [0, 0.05) is 18.7 Å². The molecule has 3 heteroatoms. The average molecular weight is 249 g/mol. The molecule has 0 radical (unpaired) electrons. The van der Waals surface area contributed by atoms with E-state index in [1.807, 2.05) is 13.0 Å². The molecular weight excluding hydrogens is 226 g/mol. The van der Waals surface area contributed by atoms with Crippen molar-refractivity contribution in [3.63, 3.8) is 0 Å². The maximum atomic E-state index is 9.98. The number of hydrogen-bond acceptors (Lipinski definition) is 3. The standard InChI is InChI=1S/C15H23NO2/c1-11-7-14(15(18)8-12(11)2)9-16-5-3-13(10-17)4-6-16/h7-8,13,17-18H,3-6,9-10H2,1-2H3. The highest BCUT2D eigenvalue weighted by Crippen LogP contribution is 2.25. The number of aliphatic hydroxyl groups is 1. The third-order valence-electron chi connectivity index (χ3n) is 4.05. The Morgan fingerprint density at radius 2 is 1.78 bits per heavy atom. The molecular formula is C15H23NO2. The van der Waals surface area contributed by atoms with E-state index in [1.165, 1.54) is 5.56 Å². The summed E-state index contributed by atoms with van der Waals surface area (Å²) >= 11 is 0. The minimum atomic E-state index is 0.308. The molecule has 1 aromatic rings. The van der Waals surface area contributed by atoms with Crippen LogP contribution in [0.4, 0.5) is 0 Å². The Labute approximate surface area is 109 Å². The van der Waals surface area contributed by atoms with Crippen molar-refractivity contribution in [1.82, 2.24) is 4.90 Å². The lowest BCUT2D eigenvalue weighted by molar-refractivity contribution is 0.127. The van der Waals surface area contributed by atoms with Crippen LogP contribution in [0.2, 0.25) is 0 Å². The molecule has 1 saturated heterocycles. The molecule has 100 valence electrons. The number of benzene rings is 1. The third kappa shape index (κ3) is 3.03. The molecule has 3 nitrogen and oxygen atoms in total. The van der Waals surface area contributed by atoms with E-state index in [4.69, 9.17) is 5.11 Å². The van der Waals surface area contributed by atoms with Gasteiger partial charge in [0.15, 0.2) is 0 Å². The van der Waals surface area contributed by atoms with Crippen LogP contribution < -0.4 is 0 Å². The van der Waals surface area contributed by atoms with Crippen molar-refractivity contribution in [2.24, 2.45) is 5.92 Å². The monoisotopic (exact) mass is 249 g/mol. The number of aryl methyl sites for hydroxylation is 2. The molecule has 1 aliphatic rings. The van der Waals surface area contributed by atoms with Gasteiger partial charge in [0.1, 0.15) is 5.75 Å². The lowest BCUT2D eigenvalue weighted by atomic mass is 9.97. The maximum Gasteiger partial charge on any atom is 0.120 e. The van der Waals surface area contributed by atoms with Gasteiger partial charge in [-0.05, 0) is 62.9 Å². The number of aliphatic hydroxyl groups excluding tert-OH is 1. The summed E-state index contributed by atoms with van der Waals surface area (Å²) in [5, 5.41) is 19.1. The fourth-order valence-electron chi connectivity index (χ4n) is 2.56. The Morgan fingerprint density at radius 1 is 1.17 bits per heavy atom. The molecule has 0 aliphatic carbocycles. The van der Waals surface area contributed by atoms with Crippen molar-refractivity contribution in [1.29, 1.82) is 0 Å². The highest BCUT2D eigenvalue weighted by Gasteiger charge is 2.19. The summed E-state index contributed by atoms with van der Waals surface area (Å²) in [6, 6.07) is 3.94. The normalized spacial score (nSPS) is 18.2. The van der Waals surface area contributed by atoms with E-state index in [0.29, 0.717) is 18.3 Å². The predicted molar refractivity (Wildman–Crippen MR) is 72.7 cm³/mol. The second-order valence-electron chi connectivity index (χ2n) is 5.47. The minimum absolute atomic E-state index is 0.308. The summed E-state index contributed by atoms with van der Waals surface area (Å²) in [6.45, 7) is 7.24. The van der Waals surface area contributed by atoms with Crippen LogP contribution in [0.1, 0.15) is 29.5 Å². The van der Waals surface area contributed by atoms with Gasteiger partial charge in [-0.3, -0.25) is 4.90 Å². The van der Waals surface area contributed by atoms with Gasteiger partial charge in [-0.25, -0.2) is 0 Å². The Balaban J connectivity index is 2.00. The number of likely N-dealkylation sites (tertiary alicyclic amines) is 1. The van der Waals surface area contributed by atoms with Gasteiger partial charge in [0.05, 0.1) is 0 Å². The van der Waals surface area contributed by atoms with E-state index in [1.54, 1.807) is 0 Å². The second-order valence-corrected chi connectivity index (χ2v) is 5.47. The first kappa shape index (κ1) is 13.4. The first-order valence-corrected chi connectivity index (χ1v) is 6.72. The Kier molecular flexibility index (Phi) is 4.25. The Morgan fingerprint density at radius 3 is 2.39 bits per heavy atom. The average Bonchev–Trinajstić information content (AvgIpc) is 2.37. The molecule has 0 bridgehead atoms. The molecule has 0 atom stereocenters. The van der Waals surface area contributed by atoms with Crippen molar-refractivity contribution >= 4 is 0 Å². The summed E-state index contributed by atoms with van der Waals surface area (Å²) in [6.07, 6.45) is 2.12. The van der Waals surface area contributed by atoms with E-state index in [0.717, 1.165) is 43.6 Å². The first-order valence-electron chi connectivity index (χ1n) is 6.72. The summed E-state index contributed by atoms with van der Waals surface area (Å²) in [5.74, 6) is 0.872. The van der Waals surface area contributed by atoms with Crippen molar-refractivity contribution < 1.29 is 10.2 Å². The van der Waals surface area contributed by atoms with Gasteiger partial charge >= 0.3 is 0 Å². The first-order chi connectivity index (χ1) is 8.60. The Hall–Kier alpha value is -1.06. The summed E-state index contributed by atoms with van der Waals surface area (Å²) in [5.41, 5.74) is 3.38. The zero-order chi connectivity index (χ0) is 13.1. The van der Waals surface area contributed by atoms with Gasteiger partial charge in [-0.15, -0.1) is 0 Å². The lowest BCUT2D eigenvalue weighted by Gasteiger charge is -2.31. The van der Waals surface area contributed by atoms with Crippen LogP contribution in [0.5, 0.6) is 5.75 Å². The summed E-state index contributed by atoms with van der Waals surface area (Å²) < 4.78 is 0. The molecule has 18 heavy (non-hydrogen) atoms. The van der Waals surface area contributed by atoms with Crippen molar-refractivity contribution in [2.45, 2.75) is 33.2 Å².